The van der Waals surface area contributed by atoms with Crippen molar-refractivity contribution in [3.8, 4) is 0 Å². The summed E-state index contributed by atoms with van der Waals surface area (Å²) in [5.41, 5.74) is 2.39. The number of hydrogen-bond donors (Lipinski definition) is 0. The number of fused-ring (bicyclic) bond motifs is 5. The molecule has 0 amide bonds. The summed E-state index contributed by atoms with van der Waals surface area (Å²) in [6, 6.07) is 16.4. The quantitative estimate of drug-likeness (QED) is 0.342. The molecule has 2 radical (unpaired) electrons. The number of hydrogen-bond acceptors (Lipinski definition) is 1. The van der Waals surface area contributed by atoms with E-state index >= 15 is 0 Å². The summed E-state index contributed by atoms with van der Waals surface area (Å²) in [5, 5.41) is 4.57. The van der Waals surface area contributed by atoms with Gasteiger partial charge in [0.15, 0.2) is 0 Å². The van der Waals surface area contributed by atoms with Crippen LogP contribution < -0.4 is 5.46 Å². The zero-order valence-corrected chi connectivity index (χ0v) is 12.1. The molecule has 4 aromatic rings. The maximum Gasteiger partial charge on any atom is 0.143 e. The summed E-state index contributed by atoms with van der Waals surface area (Å²) in [4.78, 5) is 0. The summed E-state index contributed by atoms with van der Waals surface area (Å²) in [7, 11) is 6.01. The van der Waals surface area contributed by atoms with Gasteiger partial charge in [-0.1, -0.05) is 47.9 Å². The largest absolute Gasteiger partial charge is 0.456 e. The molecule has 0 saturated carbocycles. The van der Waals surface area contributed by atoms with Crippen LogP contribution in [0.5, 0.6) is 0 Å². The maximum atomic E-state index is 6.02. The molecule has 19 heavy (non-hydrogen) atoms. The van der Waals surface area contributed by atoms with Gasteiger partial charge in [-0.15, -0.1) is 0 Å². The monoisotopic (exact) mass is 354 g/mol. The van der Waals surface area contributed by atoms with E-state index < -0.39 is 0 Å². The van der Waals surface area contributed by atoms with E-state index in [1.807, 2.05) is 24.3 Å². The Morgan fingerprint density at radius 3 is 2.32 bits per heavy atom. The van der Waals surface area contributed by atoms with E-state index in [9.17, 15) is 0 Å². The van der Waals surface area contributed by atoms with E-state index in [4.69, 9.17) is 12.3 Å². The Kier molecular flexibility index (Phi) is 2.39. The van der Waals surface area contributed by atoms with Crippen LogP contribution in [0.1, 0.15) is 0 Å². The van der Waals surface area contributed by atoms with Crippen LogP contribution >= 0.6 is 22.6 Å². The van der Waals surface area contributed by atoms with Crippen molar-refractivity contribution in [2.75, 3.05) is 0 Å². The zero-order valence-electron chi connectivity index (χ0n) is 9.98. The molecular weight excluding hydrogens is 346 g/mol. The van der Waals surface area contributed by atoms with Gasteiger partial charge in [0.25, 0.3) is 0 Å². The topological polar surface area (TPSA) is 13.1 Å². The van der Waals surface area contributed by atoms with Crippen LogP contribution in [0.4, 0.5) is 0 Å². The molecule has 0 atom stereocenters. The number of furan rings is 1. The van der Waals surface area contributed by atoms with Crippen LogP contribution in [0, 0.1) is 3.57 Å². The van der Waals surface area contributed by atoms with Gasteiger partial charge < -0.3 is 4.42 Å². The van der Waals surface area contributed by atoms with E-state index in [1.165, 1.54) is 8.96 Å². The number of rotatable bonds is 0. The van der Waals surface area contributed by atoms with Gasteiger partial charge in [0.2, 0.25) is 0 Å². The Bertz CT molecular complexity index is 940. The first-order chi connectivity index (χ1) is 9.25. The van der Waals surface area contributed by atoms with Gasteiger partial charge in [-0.25, -0.2) is 0 Å². The Morgan fingerprint density at radius 1 is 0.789 bits per heavy atom. The second-order valence-electron chi connectivity index (χ2n) is 4.61. The van der Waals surface area contributed by atoms with Crippen molar-refractivity contribution in [1.29, 1.82) is 0 Å². The molecule has 0 bridgehead atoms. The van der Waals surface area contributed by atoms with Crippen molar-refractivity contribution < 1.29 is 4.42 Å². The molecule has 1 aromatic heterocycles. The summed E-state index contributed by atoms with van der Waals surface area (Å²) in [5.74, 6) is 0. The molecule has 0 aliphatic heterocycles. The second-order valence-corrected chi connectivity index (χ2v) is 5.77. The fourth-order valence-corrected chi connectivity index (χ4v) is 3.38. The Balaban J connectivity index is 2.36. The molecule has 0 unspecified atom stereocenters. The Labute approximate surface area is 125 Å². The molecule has 1 nitrogen and oxygen atoms in total. The highest BCUT2D eigenvalue weighted by Gasteiger charge is 2.12. The van der Waals surface area contributed by atoms with E-state index in [0.717, 1.165) is 27.3 Å². The Hall–Kier alpha value is -1.49. The first-order valence-corrected chi connectivity index (χ1v) is 7.11. The van der Waals surface area contributed by atoms with Crippen molar-refractivity contribution >= 4 is 68.6 Å². The normalized spacial score (nSPS) is 11.6. The van der Waals surface area contributed by atoms with Gasteiger partial charge >= 0.3 is 0 Å². The minimum absolute atomic E-state index is 0.688. The number of para-hydroxylation sites is 1. The van der Waals surface area contributed by atoms with Crippen LogP contribution in [0.15, 0.2) is 52.9 Å². The minimum Gasteiger partial charge on any atom is -0.456 e. The minimum atomic E-state index is 0.688. The third-order valence-electron chi connectivity index (χ3n) is 3.48. The molecule has 0 aliphatic rings. The molecule has 0 spiro atoms. The highest BCUT2D eigenvalue weighted by Crippen LogP contribution is 2.35. The smallest absolute Gasteiger partial charge is 0.143 e. The van der Waals surface area contributed by atoms with Gasteiger partial charge in [0, 0.05) is 19.7 Å². The van der Waals surface area contributed by atoms with E-state index in [1.54, 1.807) is 0 Å². The summed E-state index contributed by atoms with van der Waals surface area (Å²) >= 11 is 2.37. The third kappa shape index (κ3) is 1.54. The summed E-state index contributed by atoms with van der Waals surface area (Å²) in [6.45, 7) is 0. The predicted molar refractivity (Wildman–Crippen MR) is 89.3 cm³/mol. The van der Waals surface area contributed by atoms with Crippen LogP contribution in [0.3, 0.4) is 0 Å². The Morgan fingerprint density at radius 2 is 1.47 bits per heavy atom. The van der Waals surface area contributed by atoms with Crippen molar-refractivity contribution in [2.24, 2.45) is 0 Å². The number of halogens is 1. The fourth-order valence-electron chi connectivity index (χ4n) is 2.60. The molecule has 0 N–H and O–H groups in total. The maximum absolute atomic E-state index is 6.02. The van der Waals surface area contributed by atoms with Crippen molar-refractivity contribution in [2.45, 2.75) is 0 Å². The average Bonchev–Trinajstić information content (AvgIpc) is 2.80. The lowest BCUT2D eigenvalue weighted by atomic mass is 9.94. The van der Waals surface area contributed by atoms with Crippen molar-refractivity contribution in [1.82, 2.24) is 0 Å². The predicted octanol–water partition coefficient (Wildman–Crippen LogP) is 4.14. The number of benzene rings is 3. The highest BCUT2D eigenvalue weighted by molar-refractivity contribution is 14.1. The van der Waals surface area contributed by atoms with E-state index in [-0.39, 0.29) is 0 Å². The SMILES string of the molecule is [B]c1cccc2c1oc1c3ccccc3c(I)cc21. The van der Waals surface area contributed by atoms with Crippen molar-refractivity contribution in [3.63, 3.8) is 0 Å². The third-order valence-corrected chi connectivity index (χ3v) is 4.38. The van der Waals surface area contributed by atoms with Crippen LogP contribution in [0.2, 0.25) is 0 Å². The lowest BCUT2D eigenvalue weighted by molar-refractivity contribution is 0.675. The van der Waals surface area contributed by atoms with Crippen molar-refractivity contribution in [3.05, 3.63) is 52.1 Å². The molecular formula is C16H8BIO. The van der Waals surface area contributed by atoms with E-state index in [2.05, 4.69) is 46.9 Å². The van der Waals surface area contributed by atoms with Crippen LogP contribution in [0.25, 0.3) is 32.7 Å². The standard InChI is InChI=1S/C16H8BIO/c17-13-7-3-6-11-12-8-14(18)9-4-1-2-5-10(9)15(12)19-16(11)13/h1-8H. The van der Waals surface area contributed by atoms with Crippen LogP contribution in [-0.4, -0.2) is 7.85 Å². The van der Waals surface area contributed by atoms with Crippen LogP contribution in [-0.2, 0) is 0 Å². The lowest BCUT2D eigenvalue weighted by Gasteiger charge is -2.01. The summed E-state index contributed by atoms with van der Waals surface area (Å²) < 4.78 is 7.25. The lowest BCUT2D eigenvalue weighted by Crippen LogP contribution is -2.00. The van der Waals surface area contributed by atoms with Gasteiger partial charge in [0.1, 0.15) is 19.0 Å². The highest BCUT2D eigenvalue weighted by atomic mass is 127. The first kappa shape index (κ1) is 11.4. The molecule has 88 valence electrons. The zero-order chi connectivity index (χ0) is 13.0. The molecule has 0 saturated heterocycles. The van der Waals surface area contributed by atoms with Gasteiger partial charge in [-0.05, 0) is 34.0 Å². The van der Waals surface area contributed by atoms with Gasteiger partial charge in [-0.2, -0.15) is 0 Å². The summed E-state index contributed by atoms with van der Waals surface area (Å²) in [6.07, 6.45) is 0. The molecule has 4 rings (SSSR count). The molecule has 3 heteroatoms. The average molecular weight is 354 g/mol. The fraction of sp³-hybridized carbons (Fsp3) is 0. The molecule has 0 fully saturated rings. The molecule has 1 heterocycles. The molecule has 0 aliphatic carbocycles. The van der Waals surface area contributed by atoms with E-state index in [0.29, 0.717) is 5.46 Å². The van der Waals surface area contributed by atoms with Gasteiger partial charge in [-0.3, -0.25) is 0 Å². The second kappa shape index (κ2) is 4.00. The first-order valence-electron chi connectivity index (χ1n) is 6.03. The molecule has 3 aromatic carbocycles. The van der Waals surface area contributed by atoms with Gasteiger partial charge in [0.05, 0.1) is 0 Å².